The molecule has 0 radical (unpaired) electrons. The van der Waals surface area contributed by atoms with Gasteiger partial charge in [0.1, 0.15) is 0 Å². The van der Waals surface area contributed by atoms with Crippen LogP contribution in [0.3, 0.4) is 0 Å². The van der Waals surface area contributed by atoms with E-state index in [0.717, 1.165) is 0 Å². The Hall–Kier alpha value is -3.86. The summed E-state index contributed by atoms with van der Waals surface area (Å²) >= 11 is 0. The predicted molar refractivity (Wildman–Crippen MR) is 105 cm³/mol. The molecule has 2 aromatic rings. The minimum atomic E-state index is -0.442. The maximum atomic E-state index is 12.2. The summed E-state index contributed by atoms with van der Waals surface area (Å²) in [5.74, 6) is 0.185. The van der Waals surface area contributed by atoms with Gasteiger partial charge in [0.15, 0.2) is 11.5 Å². The van der Waals surface area contributed by atoms with Crippen LogP contribution in [0.5, 0.6) is 11.5 Å². The molecule has 0 fully saturated rings. The van der Waals surface area contributed by atoms with Crippen molar-refractivity contribution < 1.29 is 19.1 Å². The number of hydrogen-bond acceptors (Lipinski definition) is 6. The van der Waals surface area contributed by atoms with E-state index in [4.69, 9.17) is 14.7 Å². The van der Waals surface area contributed by atoms with E-state index in [9.17, 15) is 9.59 Å². The van der Waals surface area contributed by atoms with Crippen LogP contribution in [-0.4, -0.2) is 31.7 Å². The van der Waals surface area contributed by atoms with Crippen molar-refractivity contribution >= 4 is 23.2 Å². The first-order valence-corrected chi connectivity index (χ1v) is 8.32. The normalized spacial score (nSPS) is 10.6. The van der Waals surface area contributed by atoms with Crippen molar-refractivity contribution in [3.05, 3.63) is 53.6 Å². The zero-order valence-electron chi connectivity index (χ0n) is 15.8. The largest absolute Gasteiger partial charge is 0.493 e. The van der Waals surface area contributed by atoms with Crippen LogP contribution < -0.4 is 20.2 Å². The maximum absolute atomic E-state index is 12.2. The van der Waals surface area contributed by atoms with Crippen LogP contribution in [0, 0.1) is 11.3 Å². The summed E-state index contributed by atoms with van der Waals surface area (Å²) in [5.41, 5.74) is 4.13. The second-order valence-electron chi connectivity index (χ2n) is 5.78. The van der Waals surface area contributed by atoms with Gasteiger partial charge in [-0.3, -0.25) is 9.59 Å². The zero-order chi connectivity index (χ0) is 20.5. The quantitative estimate of drug-likeness (QED) is 0.566. The number of rotatable bonds is 7. The third-order valence-corrected chi connectivity index (χ3v) is 3.69. The monoisotopic (exact) mass is 380 g/mol. The van der Waals surface area contributed by atoms with Crippen LogP contribution in [-0.2, 0) is 4.79 Å². The summed E-state index contributed by atoms with van der Waals surface area (Å²) < 4.78 is 10.3. The number of anilines is 1. The predicted octanol–water partition coefficient (Wildman–Crippen LogP) is 2.71. The van der Waals surface area contributed by atoms with Crippen LogP contribution in [0.15, 0.2) is 47.6 Å². The van der Waals surface area contributed by atoms with Gasteiger partial charge >= 0.3 is 0 Å². The molecule has 0 bridgehead atoms. The van der Waals surface area contributed by atoms with Crippen LogP contribution >= 0.6 is 0 Å². The lowest BCUT2D eigenvalue weighted by molar-refractivity contribution is -0.115. The summed E-state index contributed by atoms with van der Waals surface area (Å²) in [5, 5.41) is 15.5. The molecule has 8 heteroatoms. The molecule has 0 aromatic heterocycles. The second-order valence-corrected chi connectivity index (χ2v) is 5.78. The summed E-state index contributed by atoms with van der Waals surface area (Å²) in [6.07, 6.45) is -0.0109. The molecule has 2 aromatic carbocycles. The summed E-state index contributed by atoms with van der Waals surface area (Å²) in [4.78, 5) is 24.3. The fourth-order valence-electron chi connectivity index (χ4n) is 2.33. The van der Waals surface area contributed by atoms with Crippen molar-refractivity contribution in [2.75, 3.05) is 19.5 Å². The number of hydrazone groups is 1. The highest BCUT2D eigenvalue weighted by molar-refractivity contribution is 6.06. The second kappa shape index (κ2) is 9.73. The van der Waals surface area contributed by atoms with Gasteiger partial charge in [-0.15, -0.1) is 0 Å². The Balaban J connectivity index is 1.95. The molecule has 0 atom stereocenters. The average Bonchev–Trinajstić information content (AvgIpc) is 2.71. The highest BCUT2D eigenvalue weighted by Gasteiger charge is 2.11. The number of hydrogen-bond donors (Lipinski definition) is 2. The van der Waals surface area contributed by atoms with Gasteiger partial charge in [0.25, 0.3) is 5.91 Å². The van der Waals surface area contributed by atoms with E-state index in [2.05, 4.69) is 15.8 Å². The maximum Gasteiger partial charge on any atom is 0.271 e. The van der Waals surface area contributed by atoms with Gasteiger partial charge in [0.05, 0.1) is 32.3 Å². The summed E-state index contributed by atoms with van der Waals surface area (Å²) in [6, 6.07) is 13.3. The molecule has 0 spiro atoms. The molecule has 0 saturated heterocycles. The number of carbonyl (C=O) groups is 2. The third-order valence-electron chi connectivity index (χ3n) is 3.69. The van der Waals surface area contributed by atoms with E-state index >= 15 is 0 Å². The Morgan fingerprint density at radius 3 is 2.54 bits per heavy atom. The molecule has 28 heavy (non-hydrogen) atoms. The molecule has 0 heterocycles. The molecule has 8 nitrogen and oxygen atoms in total. The number of nitrogens with zero attached hydrogens (tertiary/aromatic N) is 2. The molecule has 0 aliphatic rings. The van der Waals surface area contributed by atoms with E-state index in [0.29, 0.717) is 34.0 Å². The molecule has 0 aliphatic heterocycles. The lowest BCUT2D eigenvalue weighted by atomic mass is 10.2. The molecule has 144 valence electrons. The molecule has 0 unspecified atom stereocenters. The zero-order valence-corrected chi connectivity index (χ0v) is 15.8. The summed E-state index contributed by atoms with van der Waals surface area (Å²) in [7, 11) is 2.99. The van der Waals surface area contributed by atoms with Gasteiger partial charge < -0.3 is 14.8 Å². The number of benzene rings is 2. The fourth-order valence-corrected chi connectivity index (χ4v) is 2.33. The molecular weight excluding hydrogens is 360 g/mol. The number of carbonyl (C=O) groups excluding carboxylic acids is 2. The van der Waals surface area contributed by atoms with Gasteiger partial charge in [-0.05, 0) is 43.3 Å². The Morgan fingerprint density at radius 2 is 1.86 bits per heavy atom. The van der Waals surface area contributed by atoms with Gasteiger partial charge in [0.2, 0.25) is 5.91 Å². The van der Waals surface area contributed by atoms with Crippen molar-refractivity contribution in [3.63, 3.8) is 0 Å². The van der Waals surface area contributed by atoms with Crippen molar-refractivity contribution in [3.8, 4) is 17.6 Å². The molecule has 2 N–H and O–H groups in total. The first-order valence-electron chi connectivity index (χ1n) is 8.32. The van der Waals surface area contributed by atoms with E-state index in [1.807, 2.05) is 6.07 Å². The number of nitrogens with one attached hydrogen (secondary N) is 2. The minimum absolute atomic E-state index is 0.0109. The SMILES string of the molecule is COc1ccc(C(=O)NN=C(C)CC(=O)Nc2cccc(C#N)c2)cc1OC. The molecular formula is C20H20N4O4. The molecule has 0 aliphatic carbocycles. The smallest absolute Gasteiger partial charge is 0.271 e. The Bertz CT molecular complexity index is 947. The first kappa shape index (κ1) is 20.5. The minimum Gasteiger partial charge on any atom is -0.493 e. The summed E-state index contributed by atoms with van der Waals surface area (Å²) in [6.45, 7) is 1.63. The standard InChI is InChI=1S/C20H20N4O4/c1-13(9-19(25)22-16-6-4-5-14(10-16)12-21)23-24-20(26)15-7-8-17(27-2)18(11-15)28-3/h4-8,10-11H,9H2,1-3H3,(H,22,25)(H,24,26). The number of ether oxygens (including phenoxy) is 2. The van der Waals surface area contributed by atoms with Crippen LogP contribution in [0.2, 0.25) is 0 Å². The van der Waals surface area contributed by atoms with Crippen LogP contribution in [0.1, 0.15) is 29.3 Å². The van der Waals surface area contributed by atoms with Gasteiger partial charge in [0, 0.05) is 17.0 Å². The lowest BCUT2D eigenvalue weighted by Gasteiger charge is -2.09. The molecule has 2 amide bonds. The highest BCUT2D eigenvalue weighted by Crippen LogP contribution is 2.27. The fraction of sp³-hybridized carbons (Fsp3) is 0.200. The van der Waals surface area contributed by atoms with Crippen molar-refractivity contribution in [1.82, 2.24) is 5.43 Å². The topological polar surface area (TPSA) is 113 Å². The van der Waals surface area contributed by atoms with Gasteiger partial charge in [-0.1, -0.05) is 6.07 Å². The molecule has 2 rings (SSSR count). The first-order chi connectivity index (χ1) is 13.5. The Morgan fingerprint density at radius 1 is 1.11 bits per heavy atom. The third kappa shape index (κ3) is 5.57. The number of nitriles is 1. The van der Waals surface area contributed by atoms with E-state index < -0.39 is 5.91 Å². The van der Waals surface area contributed by atoms with E-state index in [1.165, 1.54) is 20.3 Å². The lowest BCUT2D eigenvalue weighted by Crippen LogP contribution is -2.21. The Labute approximate surface area is 162 Å². The van der Waals surface area contributed by atoms with Crippen LogP contribution in [0.25, 0.3) is 0 Å². The number of amides is 2. The van der Waals surface area contributed by atoms with E-state index in [1.54, 1.807) is 43.3 Å². The highest BCUT2D eigenvalue weighted by atomic mass is 16.5. The Kier molecular flexibility index (Phi) is 7.11. The molecule has 0 saturated carbocycles. The van der Waals surface area contributed by atoms with Crippen molar-refractivity contribution in [2.24, 2.45) is 5.10 Å². The average molecular weight is 380 g/mol. The van der Waals surface area contributed by atoms with Gasteiger partial charge in [-0.25, -0.2) is 5.43 Å². The van der Waals surface area contributed by atoms with Gasteiger partial charge in [-0.2, -0.15) is 10.4 Å². The van der Waals surface area contributed by atoms with Crippen molar-refractivity contribution in [2.45, 2.75) is 13.3 Å². The van der Waals surface area contributed by atoms with Crippen molar-refractivity contribution in [1.29, 1.82) is 5.26 Å². The van der Waals surface area contributed by atoms with Crippen LogP contribution in [0.4, 0.5) is 5.69 Å². The number of methoxy groups -OCH3 is 2. The van der Waals surface area contributed by atoms with E-state index in [-0.39, 0.29) is 12.3 Å².